The van der Waals surface area contributed by atoms with Crippen molar-refractivity contribution in [2.45, 2.75) is 18.9 Å². The SMILES string of the molecule is Nc1cc(OCC2CCCN2N)ccn1. The normalized spacial score (nSPS) is 21.8. The molecule has 0 saturated carbocycles. The van der Waals surface area contributed by atoms with Crippen LogP contribution in [0.4, 0.5) is 5.82 Å². The third-order valence-electron chi connectivity index (χ3n) is 2.62. The fourth-order valence-electron chi connectivity index (χ4n) is 1.75. The van der Waals surface area contributed by atoms with Crippen LogP contribution in [0.25, 0.3) is 0 Å². The smallest absolute Gasteiger partial charge is 0.126 e. The lowest BCUT2D eigenvalue weighted by atomic mass is 10.2. The van der Waals surface area contributed by atoms with Gasteiger partial charge in [0.05, 0.1) is 6.04 Å². The Morgan fingerprint density at radius 1 is 1.60 bits per heavy atom. The summed E-state index contributed by atoms with van der Waals surface area (Å²) < 4.78 is 5.60. The highest BCUT2D eigenvalue weighted by Crippen LogP contribution is 2.16. The van der Waals surface area contributed by atoms with Crippen molar-refractivity contribution in [1.29, 1.82) is 0 Å². The Morgan fingerprint density at radius 3 is 3.13 bits per heavy atom. The van der Waals surface area contributed by atoms with E-state index in [9.17, 15) is 0 Å². The van der Waals surface area contributed by atoms with E-state index in [2.05, 4.69) is 4.98 Å². The molecule has 0 radical (unpaired) electrons. The van der Waals surface area contributed by atoms with Crippen LogP contribution in [0.1, 0.15) is 12.8 Å². The first-order valence-corrected chi connectivity index (χ1v) is 5.11. The van der Waals surface area contributed by atoms with Crippen molar-refractivity contribution < 1.29 is 4.74 Å². The van der Waals surface area contributed by atoms with Crippen molar-refractivity contribution in [2.24, 2.45) is 5.84 Å². The van der Waals surface area contributed by atoms with Crippen LogP contribution in [-0.4, -0.2) is 29.2 Å². The molecule has 2 heterocycles. The number of anilines is 1. The van der Waals surface area contributed by atoms with Gasteiger partial charge >= 0.3 is 0 Å². The van der Waals surface area contributed by atoms with Crippen LogP contribution in [0.3, 0.4) is 0 Å². The molecule has 0 aromatic carbocycles. The zero-order valence-electron chi connectivity index (χ0n) is 8.60. The second-order valence-corrected chi connectivity index (χ2v) is 3.76. The lowest BCUT2D eigenvalue weighted by molar-refractivity contribution is 0.175. The standard InChI is InChI=1S/C10H16N4O/c11-10-6-9(3-4-13-10)15-7-8-2-1-5-14(8)12/h3-4,6,8H,1-2,5,7,12H2,(H2,11,13). The Morgan fingerprint density at radius 2 is 2.47 bits per heavy atom. The molecule has 1 aromatic heterocycles. The summed E-state index contributed by atoms with van der Waals surface area (Å²) in [6, 6.07) is 3.83. The molecule has 1 aliphatic heterocycles. The van der Waals surface area contributed by atoms with Crippen molar-refractivity contribution in [3.8, 4) is 5.75 Å². The van der Waals surface area contributed by atoms with Crippen LogP contribution >= 0.6 is 0 Å². The van der Waals surface area contributed by atoms with E-state index in [0.29, 0.717) is 18.5 Å². The fourth-order valence-corrected chi connectivity index (χ4v) is 1.75. The van der Waals surface area contributed by atoms with E-state index in [4.69, 9.17) is 16.3 Å². The van der Waals surface area contributed by atoms with Crippen molar-refractivity contribution in [2.75, 3.05) is 18.9 Å². The molecule has 1 saturated heterocycles. The average Bonchev–Trinajstić information content (AvgIpc) is 2.61. The molecule has 2 rings (SSSR count). The molecule has 1 atom stereocenters. The number of pyridine rings is 1. The minimum absolute atomic E-state index is 0.319. The van der Waals surface area contributed by atoms with Gasteiger partial charge in [0, 0.05) is 18.8 Å². The van der Waals surface area contributed by atoms with Gasteiger partial charge in [0.15, 0.2) is 0 Å². The summed E-state index contributed by atoms with van der Waals surface area (Å²) in [6.45, 7) is 1.56. The summed E-state index contributed by atoms with van der Waals surface area (Å²) in [7, 11) is 0. The van der Waals surface area contributed by atoms with Crippen molar-refractivity contribution >= 4 is 5.82 Å². The second kappa shape index (κ2) is 4.46. The van der Waals surface area contributed by atoms with Gasteiger partial charge < -0.3 is 10.5 Å². The Hall–Kier alpha value is -1.33. The summed E-state index contributed by atoms with van der Waals surface area (Å²) >= 11 is 0. The van der Waals surface area contributed by atoms with Crippen LogP contribution in [-0.2, 0) is 0 Å². The maximum Gasteiger partial charge on any atom is 0.126 e. The first-order chi connectivity index (χ1) is 7.25. The summed E-state index contributed by atoms with van der Waals surface area (Å²) in [6.07, 6.45) is 3.87. The Kier molecular flexibility index (Phi) is 3.03. The van der Waals surface area contributed by atoms with E-state index < -0.39 is 0 Å². The number of ether oxygens (including phenoxy) is 1. The monoisotopic (exact) mass is 208 g/mol. The third kappa shape index (κ3) is 2.57. The van der Waals surface area contributed by atoms with E-state index in [1.807, 2.05) is 5.01 Å². The van der Waals surface area contributed by atoms with Crippen LogP contribution in [0.2, 0.25) is 0 Å². The first kappa shape index (κ1) is 10.2. The third-order valence-corrected chi connectivity index (χ3v) is 2.62. The van der Waals surface area contributed by atoms with Crippen LogP contribution in [0.15, 0.2) is 18.3 Å². The number of nitrogens with zero attached hydrogens (tertiary/aromatic N) is 2. The molecule has 1 unspecified atom stereocenters. The van der Waals surface area contributed by atoms with Gasteiger partial charge in [-0.3, -0.25) is 5.84 Å². The lowest BCUT2D eigenvalue weighted by Crippen LogP contribution is -2.39. The molecule has 15 heavy (non-hydrogen) atoms. The molecule has 82 valence electrons. The van der Waals surface area contributed by atoms with E-state index in [1.54, 1.807) is 18.3 Å². The van der Waals surface area contributed by atoms with Crippen molar-refractivity contribution in [3.63, 3.8) is 0 Å². The number of nitrogens with two attached hydrogens (primary N) is 2. The summed E-state index contributed by atoms with van der Waals surface area (Å²) in [5.74, 6) is 7.02. The van der Waals surface area contributed by atoms with Crippen LogP contribution in [0.5, 0.6) is 5.75 Å². The van der Waals surface area contributed by atoms with Gasteiger partial charge in [-0.1, -0.05) is 0 Å². The zero-order chi connectivity index (χ0) is 10.7. The molecule has 5 heteroatoms. The van der Waals surface area contributed by atoms with Gasteiger partial charge in [-0.2, -0.15) is 0 Å². The molecule has 4 N–H and O–H groups in total. The topological polar surface area (TPSA) is 77.4 Å². The fraction of sp³-hybridized carbons (Fsp3) is 0.500. The lowest BCUT2D eigenvalue weighted by Gasteiger charge is -2.19. The number of rotatable bonds is 3. The Balaban J connectivity index is 1.87. The number of hydrogen-bond acceptors (Lipinski definition) is 5. The Bertz CT molecular complexity index is 331. The maximum atomic E-state index is 5.79. The van der Waals surface area contributed by atoms with Crippen molar-refractivity contribution in [1.82, 2.24) is 9.99 Å². The van der Waals surface area contributed by atoms with Gasteiger partial charge in [0.25, 0.3) is 0 Å². The Labute approximate surface area is 89.0 Å². The highest BCUT2D eigenvalue weighted by Gasteiger charge is 2.21. The number of aromatic nitrogens is 1. The van der Waals surface area contributed by atoms with E-state index in [1.165, 1.54) is 0 Å². The van der Waals surface area contributed by atoms with Gasteiger partial charge in [0.1, 0.15) is 18.2 Å². The van der Waals surface area contributed by atoms with E-state index in [-0.39, 0.29) is 0 Å². The first-order valence-electron chi connectivity index (χ1n) is 5.11. The van der Waals surface area contributed by atoms with Gasteiger partial charge in [-0.25, -0.2) is 9.99 Å². The maximum absolute atomic E-state index is 5.79. The quantitative estimate of drug-likeness (QED) is 0.702. The molecular formula is C10H16N4O. The summed E-state index contributed by atoms with van der Waals surface area (Å²) in [5.41, 5.74) is 5.54. The van der Waals surface area contributed by atoms with Crippen LogP contribution in [0, 0.1) is 0 Å². The molecule has 5 nitrogen and oxygen atoms in total. The molecule has 0 bridgehead atoms. The minimum atomic E-state index is 0.319. The molecule has 0 spiro atoms. The molecule has 1 aliphatic rings. The molecule has 0 aliphatic carbocycles. The van der Waals surface area contributed by atoms with Gasteiger partial charge in [0.2, 0.25) is 0 Å². The van der Waals surface area contributed by atoms with Gasteiger partial charge in [-0.15, -0.1) is 0 Å². The van der Waals surface area contributed by atoms with Crippen LogP contribution < -0.4 is 16.3 Å². The van der Waals surface area contributed by atoms with E-state index >= 15 is 0 Å². The highest BCUT2D eigenvalue weighted by molar-refractivity contribution is 5.35. The van der Waals surface area contributed by atoms with Gasteiger partial charge in [-0.05, 0) is 18.9 Å². The highest BCUT2D eigenvalue weighted by atomic mass is 16.5. The number of hydrazine groups is 1. The number of nitrogen functional groups attached to an aromatic ring is 1. The molecular weight excluding hydrogens is 192 g/mol. The summed E-state index contributed by atoms with van der Waals surface area (Å²) in [5, 5.41) is 1.84. The second-order valence-electron chi connectivity index (χ2n) is 3.76. The zero-order valence-corrected chi connectivity index (χ0v) is 8.60. The molecule has 0 amide bonds. The van der Waals surface area contributed by atoms with E-state index in [0.717, 1.165) is 25.1 Å². The molecule has 1 aromatic rings. The minimum Gasteiger partial charge on any atom is -0.492 e. The predicted octanol–water partition coefficient (Wildman–Crippen LogP) is 0.381. The molecule has 1 fully saturated rings. The van der Waals surface area contributed by atoms with Crippen molar-refractivity contribution in [3.05, 3.63) is 18.3 Å². The largest absolute Gasteiger partial charge is 0.492 e. The average molecular weight is 208 g/mol. The summed E-state index contributed by atoms with van der Waals surface area (Å²) in [4.78, 5) is 3.90. The number of hydrogen-bond donors (Lipinski definition) is 2. The predicted molar refractivity (Wildman–Crippen MR) is 58.1 cm³/mol.